The van der Waals surface area contributed by atoms with Crippen molar-refractivity contribution < 1.29 is 18.0 Å². The minimum absolute atomic E-state index is 0.0919. The van der Waals surface area contributed by atoms with Gasteiger partial charge in [-0.05, 0) is 56.6 Å². The van der Waals surface area contributed by atoms with Crippen LogP contribution in [-0.2, 0) is 0 Å². The molecule has 1 saturated heterocycles. The average molecular weight is 426 g/mol. The standard InChI is InChI=1S/C21H26F3N3OS/c22-21(23,24)16-7-5-14(6-8-16)13-25-20(28)27-11-9-15(10-12-27)19-26-17-3-1-2-4-18(17)29-19/h1-4,14-16H,5-13H2,(H,25,28). The van der Waals surface area contributed by atoms with Crippen molar-refractivity contribution in [2.24, 2.45) is 11.8 Å². The molecule has 0 bridgehead atoms. The smallest absolute Gasteiger partial charge is 0.338 e. The first-order valence-electron chi connectivity index (χ1n) is 10.3. The van der Waals surface area contributed by atoms with Crippen LogP contribution in [0.5, 0.6) is 0 Å². The summed E-state index contributed by atoms with van der Waals surface area (Å²) in [4.78, 5) is 19.0. The Labute approximate surface area is 172 Å². The van der Waals surface area contributed by atoms with E-state index in [1.54, 1.807) is 11.3 Å². The lowest BCUT2D eigenvalue weighted by Crippen LogP contribution is -2.45. The van der Waals surface area contributed by atoms with Crippen LogP contribution in [0.4, 0.5) is 18.0 Å². The first-order valence-corrected chi connectivity index (χ1v) is 11.2. The maximum absolute atomic E-state index is 12.8. The molecule has 2 fully saturated rings. The molecule has 1 N–H and O–H groups in total. The Kier molecular flexibility index (Phi) is 5.99. The number of thiazole rings is 1. The second-order valence-corrected chi connectivity index (χ2v) is 9.29. The predicted molar refractivity (Wildman–Crippen MR) is 108 cm³/mol. The molecule has 4 nitrogen and oxygen atoms in total. The van der Waals surface area contributed by atoms with Gasteiger partial charge < -0.3 is 10.2 Å². The number of carbonyl (C=O) groups excluding carboxylic acids is 1. The number of likely N-dealkylation sites (tertiary alicyclic amines) is 1. The number of halogens is 3. The molecule has 2 aliphatic rings. The van der Waals surface area contributed by atoms with Crippen LogP contribution in [0.1, 0.15) is 49.5 Å². The van der Waals surface area contributed by atoms with E-state index >= 15 is 0 Å². The molecule has 8 heteroatoms. The highest BCUT2D eigenvalue weighted by Gasteiger charge is 2.41. The van der Waals surface area contributed by atoms with E-state index in [0.717, 1.165) is 23.4 Å². The first-order chi connectivity index (χ1) is 13.9. The van der Waals surface area contributed by atoms with Crippen LogP contribution < -0.4 is 5.32 Å². The highest BCUT2D eigenvalue weighted by Crippen LogP contribution is 2.39. The molecule has 0 unspecified atom stereocenters. The number of benzene rings is 1. The molecular weight excluding hydrogens is 399 g/mol. The number of nitrogens with zero attached hydrogens (tertiary/aromatic N) is 2. The van der Waals surface area contributed by atoms with Crippen LogP contribution in [0, 0.1) is 11.8 Å². The Morgan fingerprint density at radius 2 is 1.79 bits per heavy atom. The molecule has 4 rings (SSSR count). The number of piperidine rings is 1. The van der Waals surface area contributed by atoms with E-state index in [0.29, 0.717) is 38.4 Å². The lowest BCUT2D eigenvalue weighted by atomic mass is 9.81. The number of hydrogen-bond donors (Lipinski definition) is 1. The fourth-order valence-electron chi connectivity index (χ4n) is 4.43. The molecule has 0 spiro atoms. The van der Waals surface area contributed by atoms with E-state index in [-0.39, 0.29) is 24.8 Å². The third kappa shape index (κ3) is 4.85. The molecule has 29 heavy (non-hydrogen) atoms. The number of amides is 2. The number of alkyl halides is 3. The molecule has 2 amide bonds. The van der Waals surface area contributed by atoms with Crippen molar-refractivity contribution in [1.82, 2.24) is 15.2 Å². The van der Waals surface area contributed by atoms with Crippen molar-refractivity contribution in [3.05, 3.63) is 29.3 Å². The summed E-state index contributed by atoms with van der Waals surface area (Å²) in [5.41, 5.74) is 1.04. The maximum Gasteiger partial charge on any atom is 0.391 e. The average Bonchev–Trinajstić information content (AvgIpc) is 3.16. The van der Waals surface area contributed by atoms with E-state index in [9.17, 15) is 18.0 Å². The molecule has 0 radical (unpaired) electrons. The van der Waals surface area contributed by atoms with Gasteiger partial charge in [0.05, 0.1) is 21.1 Å². The Hall–Kier alpha value is -1.83. The van der Waals surface area contributed by atoms with Gasteiger partial charge in [-0.2, -0.15) is 13.2 Å². The summed E-state index contributed by atoms with van der Waals surface area (Å²) in [6.45, 7) is 1.85. The third-order valence-electron chi connectivity index (χ3n) is 6.29. The van der Waals surface area contributed by atoms with E-state index in [1.165, 1.54) is 4.70 Å². The van der Waals surface area contributed by atoms with Crippen molar-refractivity contribution >= 4 is 27.6 Å². The molecule has 2 aromatic rings. The Bertz CT molecular complexity index is 804. The summed E-state index contributed by atoms with van der Waals surface area (Å²) in [6.07, 6.45) is -0.876. The highest BCUT2D eigenvalue weighted by atomic mass is 32.1. The molecule has 1 aromatic heterocycles. The van der Waals surface area contributed by atoms with Crippen molar-refractivity contribution in [2.45, 2.75) is 50.6 Å². The number of fused-ring (bicyclic) bond motifs is 1. The molecule has 1 aromatic carbocycles. The fraction of sp³-hybridized carbons (Fsp3) is 0.619. The third-order valence-corrected chi connectivity index (χ3v) is 7.49. The van der Waals surface area contributed by atoms with Gasteiger partial charge in [0.25, 0.3) is 0 Å². The highest BCUT2D eigenvalue weighted by molar-refractivity contribution is 7.18. The largest absolute Gasteiger partial charge is 0.391 e. The van der Waals surface area contributed by atoms with Crippen molar-refractivity contribution in [3.63, 3.8) is 0 Å². The van der Waals surface area contributed by atoms with Crippen LogP contribution in [0.15, 0.2) is 24.3 Å². The van der Waals surface area contributed by atoms with Gasteiger partial charge in [0.15, 0.2) is 0 Å². The van der Waals surface area contributed by atoms with Gasteiger partial charge in [-0.25, -0.2) is 9.78 Å². The van der Waals surface area contributed by atoms with E-state index in [2.05, 4.69) is 11.4 Å². The van der Waals surface area contributed by atoms with Gasteiger partial charge in [0.2, 0.25) is 0 Å². The summed E-state index contributed by atoms with van der Waals surface area (Å²) in [6, 6.07) is 8.04. The van der Waals surface area contributed by atoms with Crippen LogP contribution >= 0.6 is 11.3 Å². The Morgan fingerprint density at radius 1 is 1.10 bits per heavy atom. The van der Waals surface area contributed by atoms with Crippen molar-refractivity contribution in [1.29, 1.82) is 0 Å². The topological polar surface area (TPSA) is 45.2 Å². The molecule has 1 aliphatic heterocycles. The van der Waals surface area contributed by atoms with Crippen LogP contribution in [0.3, 0.4) is 0 Å². The van der Waals surface area contributed by atoms with Gasteiger partial charge in [-0.3, -0.25) is 0 Å². The number of hydrogen-bond acceptors (Lipinski definition) is 3. The zero-order chi connectivity index (χ0) is 20.4. The lowest BCUT2D eigenvalue weighted by molar-refractivity contribution is -0.183. The normalized spacial score (nSPS) is 24.0. The minimum Gasteiger partial charge on any atom is -0.338 e. The molecule has 0 atom stereocenters. The summed E-state index contributed by atoms with van der Waals surface area (Å²) in [5, 5.41) is 4.09. The van der Waals surface area contributed by atoms with Gasteiger partial charge in [-0.15, -0.1) is 11.3 Å². The Balaban J connectivity index is 1.21. The van der Waals surface area contributed by atoms with Gasteiger partial charge >= 0.3 is 12.2 Å². The van der Waals surface area contributed by atoms with Gasteiger partial charge in [0, 0.05) is 25.6 Å². The summed E-state index contributed by atoms with van der Waals surface area (Å²) in [7, 11) is 0. The first kappa shape index (κ1) is 20.4. The Morgan fingerprint density at radius 3 is 2.45 bits per heavy atom. The molecule has 2 heterocycles. The van der Waals surface area contributed by atoms with E-state index in [1.807, 2.05) is 23.1 Å². The van der Waals surface area contributed by atoms with Gasteiger partial charge in [-0.1, -0.05) is 12.1 Å². The summed E-state index contributed by atoms with van der Waals surface area (Å²) in [5.74, 6) is -0.636. The second-order valence-electron chi connectivity index (χ2n) is 8.23. The summed E-state index contributed by atoms with van der Waals surface area (Å²) >= 11 is 1.73. The SMILES string of the molecule is O=C(NCC1CCC(C(F)(F)F)CC1)N1CCC(c2nc3ccccc3s2)CC1. The lowest BCUT2D eigenvalue weighted by Gasteiger charge is -2.33. The van der Waals surface area contributed by atoms with Crippen LogP contribution in [0.25, 0.3) is 10.2 Å². The second kappa shape index (κ2) is 8.50. The van der Waals surface area contributed by atoms with Gasteiger partial charge in [0.1, 0.15) is 0 Å². The maximum atomic E-state index is 12.8. The number of carbonyl (C=O) groups is 1. The number of aromatic nitrogens is 1. The molecule has 1 saturated carbocycles. The van der Waals surface area contributed by atoms with Crippen LogP contribution in [-0.4, -0.2) is 41.7 Å². The number of nitrogens with one attached hydrogen (secondary N) is 1. The zero-order valence-electron chi connectivity index (χ0n) is 16.3. The minimum atomic E-state index is -4.08. The van der Waals surface area contributed by atoms with E-state index in [4.69, 9.17) is 4.98 Å². The molecule has 1 aliphatic carbocycles. The molecule has 158 valence electrons. The number of urea groups is 1. The predicted octanol–water partition coefficient (Wildman–Crippen LogP) is 5.55. The van der Waals surface area contributed by atoms with Crippen molar-refractivity contribution in [3.8, 4) is 0 Å². The number of rotatable bonds is 3. The van der Waals surface area contributed by atoms with E-state index < -0.39 is 12.1 Å². The van der Waals surface area contributed by atoms with Crippen LogP contribution in [0.2, 0.25) is 0 Å². The zero-order valence-corrected chi connectivity index (χ0v) is 17.1. The quantitative estimate of drug-likeness (QED) is 0.700. The van der Waals surface area contributed by atoms with Crippen molar-refractivity contribution in [2.75, 3.05) is 19.6 Å². The summed E-state index contributed by atoms with van der Waals surface area (Å²) < 4.78 is 39.5. The monoisotopic (exact) mass is 425 g/mol. The number of para-hydroxylation sites is 1. The fourth-order valence-corrected chi connectivity index (χ4v) is 5.57. The molecular formula is C21H26F3N3OS.